The van der Waals surface area contributed by atoms with E-state index in [1.54, 1.807) is 12.4 Å². The summed E-state index contributed by atoms with van der Waals surface area (Å²) in [4.78, 5) is 17.6. The fourth-order valence-electron chi connectivity index (χ4n) is 3.14. The second kappa shape index (κ2) is 10.6. The van der Waals surface area contributed by atoms with E-state index in [4.69, 9.17) is 4.74 Å². The fourth-order valence-corrected chi connectivity index (χ4v) is 3.14. The first kappa shape index (κ1) is 20.9. The van der Waals surface area contributed by atoms with Crippen LogP contribution < -0.4 is 15.0 Å². The van der Waals surface area contributed by atoms with Gasteiger partial charge in [-0.25, -0.2) is 9.97 Å². The Bertz CT molecular complexity index is 778. The molecule has 1 aromatic heterocycles. The van der Waals surface area contributed by atoms with Crippen molar-refractivity contribution in [3.63, 3.8) is 0 Å². The molecule has 1 aliphatic rings. The van der Waals surface area contributed by atoms with Crippen molar-refractivity contribution in [3.05, 3.63) is 48.3 Å². The van der Waals surface area contributed by atoms with Crippen LogP contribution in [0.1, 0.15) is 12.5 Å². The third kappa shape index (κ3) is 6.32. The number of hydrogen-bond acceptors (Lipinski definition) is 6. The highest BCUT2D eigenvalue weighted by Gasteiger charge is 2.21. The fraction of sp³-hybridized carbons (Fsp3) is 0.476. The van der Waals surface area contributed by atoms with Crippen LogP contribution in [-0.2, 0) is 0 Å². The van der Waals surface area contributed by atoms with Gasteiger partial charge in [0.05, 0.1) is 6.54 Å². The number of hydrogen-bond donors (Lipinski definition) is 2. The average Bonchev–Trinajstić information content (AvgIpc) is 2.76. The summed E-state index contributed by atoms with van der Waals surface area (Å²) in [5, 5.41) is 13.6. The van der Waals surface area contributed by atoms with Crippen molar-refractivity contribution < 1.29 is 9.84 Å². The lowest BCUT2D eigenvalue weighted by atomic mass is 10.2. The van der Waals surface area contributed by atoms with Crippen molar-refractivity contribution in [1.29, 1.82) is 0 Å². The molecule has 3 rings (SSSR count). The first-order chi connectivity index (χ1) is 14.2. The molecule has 1 fully saturated rings. The van der Waals surface area contributed by atoms with Crippen molar-refractivity contribution in [2.24, 2.45) is 4.99 Å². The molecular weight excluding hydrogens is 368 g/mol. The van der Waals surface area contributed by atoms with E-state index in [0.717, 1.165) is 55.9 Å². The van der Waals surface area contributed by atoms with Crippen LogP contribution in [-0.4, -0.2) is 77.9 Å². The van der Waals surface area contributed by atoms with Gasteiger partial charge in [-0.3, -0.25) is 4.99 Å². The smallest absolute Gasteiger partial charge is 0.225 e. The van der Waals surface area contributed by atoms with E-state index < -0.39 is 6.10 Å². The highest BCUT2D eigenvalue weighted by atomic mass is 16.5. The molecule has 0 aliphatic carbocycles. The van der Waals surface area contributed by atoms with Crippen molar-refractivity contribution in [1.82, 2.24) is 20.2 Å². The van der Waals surface area contributed by atoms with Gasteiger partial charge in [0, 0.05) is 45.1 Å². The molecule has 2 heterocycles. The van der Waals surface area contributed by atoms with E-state index in [1.165, 1.54) is 0 Å². The predicted octanol–water partition coefficient (Wildman–Crippen LogP) is 1.31. The van der Waals surface area contributed by atoms with E-state index in [2.05, 4.69) is 30.1 Å². The third-order valence-electron chi connectivity index (χ3n) is 4.63. The minimum atomic E-state index is -0.664. The Morgan fingerprint density at radius 1 is 1.21 bits per heavy atom. The molecule has 1 aliphatic heterocycles. The molecule has 0 spiro atoms. The van der Waals surface area contributed by atoms with Crippen LogP contribution >= 0.6 is 0 Å². The van der Waals surface area contributed by atoms with Crippen molar-refractivity contribution in [2.45, 2.75) is 20.0 Å². The lowest BCUT2D eigenvalue weighted by molar-refractivity contribution is 0.114. The van der Waals surface area contributed by atoms with Gasteiger partial charge in [0.25, 0.3) is 0 Å². The molecule has 1 aromatic carbocycles. The zero-order valence-electron chi connectivity index (χ0n) is 17.2. The molecule has 8 heteroatoms. The summed E-state index contributed by atoms with van der Waals surface area (Å²) in [6.07, 6.45) is 2.86. The summed E-state index contributed by atoms with van der Waals surface area (Å²) in [5.41, 5.74) is 1.13. The number of aromatic nitrogens is 2. The molecule has 0 saturated carbocycles. The van der Waals surface area contributed by atoms with Gasteiger partial charge in [0.2, 0.25) is 5.95 Å². The molecule has 1 unspecified atom stereocenters. The van der Waals surface area contributed by atoms with E-state index in [-0.39, 0.29) is 13.2 Å². The quantitative estimate of drug-likeness (QED) is 0.537. The maximum atomic E-state index is 10.3. The zero-order chi connectivity index (χ0) is 20.5. The lowest BCUT2D eigenvalue weighted by Crippen LogP contribution is -2.53. The first-order valence-corrected chi connectivity index (χ1v) is 10.1. The summed E-state index contributed by atoms with van der Waals surface area (Å²) in [7, 11) is 0. The Morgan fingerprint density at radius 2 is 1.97 bits per heavy atom. The Morgan fingerprint density at radius 3 is 2.66 bits per heavy atom. The van der Waals surface area contributed by atoms with Crippen molar-refractivity contribution in [2.75, 3.05) is 50.8 Å². The molecule has 0 bridgehead atoms. The van der Waals surface area contributed by atoms with Crippen molar-refractivity contribution in [3.8, 4) is 5.75 Å². The summed E-state index contributed by atoms with van der Waals surface area (Å²) >= 11 is 0. The summed E-state index contributed by atoms with van der Waals surface area (Å²) in [6, 6.07) is 9.63. The third-order valence-corrected chi connectivity index (χ3v) is 4.63. The average molecular weight is 399 g/mol. The van der Waals surface area contributed by atoms with Gasteiger partial charge in [0.15, 0.2) is 5.96 Å². The van der Waals surface area contributed by atoms with Gasteiger partial charge in [-0.15, -0.1) is 0 Å². The molecule has 2 aromatic rings. The minimum Gasteiger partial charge on any atom is -0.491 e. The number of benzene rings is 1. The second-order valence-corrected chi connectivity index (χ2v) is 7.00. The Balaban J connectivity index is 1.50. The highest BCUT2D eigenvalue weighted by molar-refractivity contribution is 5.80. The van der Waals surface area contributed by atoms with Gasteiger partial charge >= 0.3 is 0 Å². The maximum Gasteiger partial charge on any atom is 0.225 e. The number of aliphatic imine (C=N–C) groups is 1. The van der Waals surface area contributed by atoms with Gasteiger partial charge < -0.3 is 25.0 Å². The SMILES string of the molecule is CCNC(=NCC(O)COc1cccc(C)c1)N1CCN(c2ncccn2)CC1. The van der Waals surface area contributed by atoms with Gasteiger partial charge in [0.1, 0.15) is 18.5 Å². The van der Waals surface area contributed by atoms with Crippen LogP contribution in [0.2, 0.25) is 0 Å². The number of guanidine groups is 1. The standard InChI is InChI=1S/C21H30N6O2/c1-3-22-20(25-15-18(28)16-29-19-7-4-6-17(2)14-19)26-10-12-27(13-11-26)21-23-8-5-9-24-21/h4-9,14,18,28H,3,10-13,15-16H2,1-2H3,(H,22,25). The normalized spacial score (nSPS) is 15.9. The number of aryl methyl sites for hydroxylation is 1. The number of aliphatic hydroxyl groups excluding tert-OH is 1. The van der Waals surface area contributed by atoms with Crippen LogP contribution in [0, 0.1) is 6.92 Å². The molecule has 29 heavy (non-hydrogen) atoms. The largest absolute Gasteiger partial charge is 0.491 e. The van der Waals surface area contributed by atoms with Gasteiger partial charge in [-0.2, -0.15) is 0 Å². The number of aliphatic hydroxyl groups is 1. The van der Waals surface area contributed by atoms with Crippen LogP contribution in [0.3, 0.4) is 0 Å². The molecule has 1 atom stereocenters. The number of rotatable bonds is 7. The molecule has 2 N–H and O–H groups in total. The number of nitrogens with one attached hydrogen (secondary N) is 1. The molecule has 0 amide bonds. The van der Waals surface area contributed by atoms with Crippen LogP contribution in [0.15, 0.2) is 47.7 Å². The summed E-state index contributed by atoms with van der Waals surface area (Å²) in [5.74, 6) is 2.34. The van der Waals surface area contributed by atoms with Crippen LogP contribution in [0.5, 0.6) is 5.75 Å². The minimum absolute atomic E-state index is 0.214. The topological polar surface area (TPSA) is 86.1 Å². The second-order valence-electron chi connectivity index (χ2n) is 7.00. The molecule has 0 radical (unpaired) electrons. The monoisotopic (exact) mass is 398 g/mol. The summed E-state index contributed by atoms with van der Waals surface area (Å²) < 4.78 is 5.68. The number of anilines is 1. The van der Waals surface area contributed by atoms with E-state index in [9.17, 15) is 5.11 Å². The van der Waals surface area contributed by atoms with Gasteiger partial charge in [-0.1, -0.05) is 12.1 Å². The van der Waals surface area contributed by atoms with E-state index >= 15 is 0 Å². The van der Waals surface area contributed by atoms with Crippen molar-refractivity contribution >= 4 is 11.9 Å². The molecule has 8 nitrogen and oxygen atoms in total. The Kier molecular flexibility index (Phi) is 7.63. The number of nitrogens with zero attached hydrogens (tertiary/aromatic N) is 5. The van der Waals surface area contributed by atoms with Crippen LogP contribution in [0.4, 0.5) is 5.95 Å². The number of piperazine rings is 1. The Hall–Kier alpha value is -2.87. The zero-order valence-corrected chi connectivity index (χ0v) is 17.2. The van der Waals surface area contributed by atoms with E-state index in [1.807, 2.05) is 44.2 Å². The first-order valence-electron chi connectivity index (χ1n) is 10.1. The number of ether oxygens (including phenoxy) is 1. The van der Waals surface area contributed by atoms with Gasteiger partial charge in [-0.05, 0) is 37.6 Å². The predicted molar refractivity (Wildman–Crippen MR) is 114 cm³/mol. The molecule has 1 saturated heterocycles. The Labute approximate surface area is 172 Å². The lowest BCUT2D eigenvalue weighted by Gasteiger charge is -2.36. The highest BCUT2D eigenvalue weighted by Crippen LogP contribution is 2.13. The van der Waals surface area contributed by atoms with Crippen LogP contribution in [0.25, 0.3) is 0 Å². The van der Waals surface area contributed by atoms with E-state index in [0.29, 0.717) is 0 Å². The summed E-state index contributed by atoms with van der Waals surface area (Å²) in [6.45, 7) is 8.63. The maximum absolute atomic E-state index is 10.3. The molecular formula is C21H30N6O2. The molecule has 156 valence electrons.